The maximum atomic E-state index is 11.1. The van der Waals surface area contributed by atoms with Crippen LogP contribution in [0.5, 0.6) is 0 Å². The SMILES string of the molecule is CCC(C(N)=O)N(C)CCN1CCCC1. The van der Waals surface area contributed by atoms with E-state index in [1.165, 1.54) is 25.9 Å². The van der Waals surface area contributed by atoms with Gasteiger partial charge in [0.15, 0.2) is 0 Å². The molecule has 0 spiro atoms. The molecule has 1 aliphatic rings. The molecule has 88 valence electrons. The first-order valence-electron chi connectivity index (χ1n) is 5.87. The fourth-order valence-electron chi connectivity index (χ4n) is 2.19. The normalized spacial score (nSPS) is 19.7. The number of likely N-dealkylation sites (tertiary alicyclic amines) is 1. The number of hydrogen-bond donors (Lipinski definition) is 1. The molecule has 1 fully saturated rings. The number of carbonyl (C=O) groups excluding carboxylic acids is 1. The van der Waals surface area contributed by atoms with E-state index < -0.39 is 0 Å². The topological polar surface area (TPSA) is 49.6 Å². The van der Waals surface area contributed by atoms with Crippen LogP contribution in [0, 0.1) is 0 Å². The van der Waals surface area contributed by atoms with Crippen molar-refractivity contribution in [1.82, 2.24) is 9.80 Å². The van der Waals surface area contributed by atoms with Gasteiger partial charge in [0.1, 0.15) is 0 Å². The predicted molar refractivity (Wildman–Crippen MR) is 61.6 cm³/mol. The zero-order valence-electron chi connectivity index (χ0n) is 9.91. The molecule has 4 heteroatoms. The largest absolute Gasteiger partial charge is 0.368 e. The number of nitrogens with two attached hydrogens (primary N) is 1. The first-order chi connectivity index (χ1) is 7.15. The van der Waals surface area contributed by atoms with Crippen LogP contribution in [0.2, 0.25) is 0 Å². The van der Waals surface area contributed by atoms with Crippen LogP contribution in [-0.4, -0.2) is 55.0 Å². The molecule has 2 N–H and O–H groups in total. The minimum absolute atomic E-state index is 0.104. The monoisotopic (exact) mass is 213 g/mol. The number of likely N-dealkylation sites (N-methyl/N-ethyl adjacent to an activating group) is 1. The number of nitrogens with zero attached hydrogens (tertiary/aromatic N) is 2. The van der Waals surface area contributed by atoms with Gasteiger partial charge in [0, 0.05) is 13.1 Å². The Kier molecular flexibility index (Phi) is 5.05. The van der Waals surface area contributed by atoms with Crippen LogP contribution in [0.15, 0.2) is 0 Å². The third-order valence-electron chi connectivity index (χ3n) is 3.21. The van der Waals surface area contributed by atoms with Crippen LogP contribution in [-0.2, 0) is 4.79 Å². The highest BCUT2D eigenvalue weighted by molar-refractivity contribution is 5.79. The molecule has 1 atom stereocenters. The predicted octanol–water partition coefficient (Wildman–Crippen LogP) is 0.278. The highest BCUT2D eigenvalue weighted by Gasteiger charge is 2.19. The van der Waals surface area contributed by atoms with Gasteiger partial charge in [-0.25, -0.2) is 0 Å². The fraction of sp³-hybridized carbons (Fsp3) is 0.909. The number of hydrogen-bond acceptors (Lipinski definition) is 3. The number of rotatable bonds is 6. The summed E-state index contributed by atoms with van der Waals surface area (Å²) in [4.78, 5) is 15.7. The van der Waals surface area contributed by atoms with E-state index in [2.05, 4.69) is 9.80 Å². The Morgan fingerprint density at radius 1 is 1.47 bits per heavy atom. The molecule has 0 saturated carbocycles. The number of primary amides is 1. The summed E-state index contributed by atoms with van der Waals surface area (Å²) in [5.41, 5.74) is 5.34. The van der Waals surface area contributed by atoms with Crippen molar-refractivity contribution in [3.05, 3.63) is 0 Å². The Hall–Kier alpha value is -0.610. The average molecular weight is 213 g/mol. The van der Waals surface area contributed by atoms with Gasteiger partial charge < -0.3 is 10.6 Å². The van der Waals surface area contributed by atoms with Crippen LogP contribution in [0.1, 0.15) is 26.2 Å². The minimum Gasteiger partial charge on any atom is -0.368 e. The van der Waals surface area contributed by atoms with Crippen molar-refractivity contribution in [2.24, 2.45) is 5.73 Å². The van der Waals surface area contributed by atoms with Crippen LogP contribution < -0.4 is 5.73 Å². The Morgan fingerprint density at radius 3 is 2.53 bits per heavy atom. The number of carbonyl (C=O) groups is 1. The van der Waals surface area contributed by atoms with Crippen molar-refractivity contribution in [3.8, 4) is 0 Å². The number of amides is 1. The van der Waals surface area contributed by atoms with Gasteiger partial charge in [0.2, 0.25) is 5.91 Å². The summed E-state index contributed by atoms with van der Waals surface area (Å²) in [5.74, 6) is -0.207. The summed E-state index contributed by atoms with van der Waals surface area (Å²) in [6.45, 7) is 6.41. The van der Waals surface area contributed by atoms with Crippen molar-refractivity contribution in [1.29, 1.82) is 0 Å². The molecular weight excluding hydrogens is 190 g/mol. The second-order valence-corrected chi connectivity index (χ2v) is 4.36. The Bertz CT molecular complexity index is 202. The third kappa shape index (κ3) is 3.80. The molecule has 1 saturated heterocycles. The van der Waals surface area contributed by atoms with Crippen molar-refractivity contribution in [2.75, 3.05) is 33.2 Å². The van der Waals surface area contributed by atoms with Crippen LogP contribution in [0.4, 0.5) is 0 Å². The minimum atomic E-state index is -0.207. The van der Waals surface area contributed by atoms with Crippen molar-refractivity contribution in [3.63, 3.8) is 0 Å². The van der Waals surface area contributed by atoms with E-state index in [1.54, 1.807) is 0 Å². The molecule has 15 heavy (non-hydrogen) atoms. The summed E-state index contributed by atoms with van der Waals surface area (Å²) in [6, 6.07) is -0.104. The lowest BCUT2D eigenvalue weighted by Gasteiger charge is -2.26. The van der Waals surface area contributed by atoms with E-state index in [0.717, 1.165) is 19.5 Å². The summed E-state index contributed by atoms with van der Waals surface area (Å²) in [5, 5.41) is 0. The lowest BCUT2D eigenvalue weighted by atomic mass is 10.2. The van der Waals surface area contributed by atoms with Crippen molar-refractivity contribution < 1.29 is 4.79 Å². The summed E-state index contributed by atoms with van der Waals surface area (Å²) in [6.07, 6.45) is 3.43. The smallest absolute Gasteiger partial charge is 0.234 e. The van der Waals surface area contributed by atoms with Gasteiger partial charge in [-0.2, -0.15) is 0 Å². The Morgan fingerprint density at radius 2 is 2.07 bits per heavy atom. The van der Waals surface area contributed by atoms with Gasteiger partial charge in [-0.05, 0) is 39.4 Å². The molecule has 1 rings (SSSR count). The van der Waals surface area contributed by atoms with Gasteiger partial charge in [-0.1, -0.05) is 6.92 Å². The molecule has 1 amide bonds. The van der Waals surface area contributed by atoms with Gasteiger partial charge in [0.25, 0.3) is 0 Å². The summed E-state index contributed by atoms with van der Waals surface area (Å²) in [7, 11) is 1.98. The molecule has 0 aromatic rings. The molecule has 0 aromatic heterocycles. The van der Waals surface area contributed by atoms with Gasteiger partial charge >= 0.3 is 0 Å². The lowest BCUT2D eigenvalue weighted by Crippen LogP contribution is -2.44. The molecule has 0 aliphatic carbocycles. The van der Waals surface area contributed by atoms with E-state index >= 15 is 0 Å². The van der Waals surface area contributed by atoms with E-state index in [1.807, 2.05) is 14.0 Å². The lowest BCUT2D eigenvalue weighted by molar-refractivity contribution is -0.122. The Balaban J connectivity index is 2.26. The maximum absolute atomic E-state index is 11.1. The van der Waals surface area contributed by atoms with E-state index in [0.29, 0.717) is 0 Å². The molecule has 0 bridgehead atoms. The van der Waals surface area contributed by atoms with E-state index in [-0.39, 0.29) is 11.9 Å². The first kappa shape index (κ1) is 12.5. The molecule has 4 nitrogen and oxygen atoms in total. The molecule has 0 radical (unpaired) electrons. The summed E-state index contributed by atoms with van der Waals surface area (Å²) < 4.78 is 0. The zero-order valence-corrected chi connectivity index (χ0v) is 9.91. The Labute approximate surface area is 92.4 Å². The van der Waals surface area contributed by atoms with Gasteiger partial charge in [-0.3, -0.25) is 9.69 Å². The second-order valence-electron chi connectivity index (χ2n) is 4.36. The molecule has 0 aromatic carbocycles. The van der Waals surface area contributed by atoms with E-state index in [4.69, 9.17) is 5.73 Å². The highest BCUT2D eigenvalue weighted by Crippen LogP contribution is 2.07. The van der Waals surface area contributed by atoms with Crippen LogP contribution in [0.3, 0.4) is 0 Å². The second kappa shape index (κ2) is 6.08. The maximum Gasteiger partial charge on any atom is 0.234 e. The van der Waals surface area contributed by atoms with Gasteiger partial charge in [0.05, 0.1) is 6.04 Å². The highest BCUT2D eigenvalue weighted by atomic mass is 16.1. The first-order valence-corrected chi connectivity index (χ1v) is 5.87. The quantitative estimate of drug-likeness (QED) is 0.689. The average Bonchev–Trinajstić information content (AvgIpc) is 2.67. The molecule has 1 unspecified atom stereocenters. The molecule has 1 aliphatic heterocycles. The van der Waals surface area contributed by atoms with Crippen molar-refractivity contribution in [2.45, 2.75) is 32.2 Å². The van der Waals surface area contributed by atoms with E-state index in [9.17, 15) is 4.79 Å². The molecular formula is C11H23N3O. The molecule has 1 heterocycles. The van der Waals surface area contributed by atoms with Gasteiger partial charge in [-0.15, -0.1) is 0 Å². The summed E-state index contributed by atoms with van der Waals surface area (Å²) >= 11 is 0. The zero-order chi connectivity index (χ0) is 11.3. The van der Waals surface area contributed by atoms with Crippen LogP contribution >= 0.6 is 0 Å². The fourth-order valence-corrected chi connectivity index (χ4v) is 2.19. The third-order valence-corrected chi connectivity index (χ3v) is 3.21. The standard InChI is InChI=1S/C11H23N3O/c1-3-10(11(12)15)13(2)8-9-14-6-4-5-7-14/h10H,3-9H2,1-2H3,(H2,12,15). The van der Waals surface area contributed by atoms with Crippen molar-refractivity contribution >= 4 is 5.91 Å². The van der Waals surface area contributed by atoms with Crippen LogP contribution in [0.25, 0.3) is 0 Å².